The van der Waals surface area contributed by atoms with Crippen LogP contribution in [0.1, 0.15) is 5.56 Å². The molecule has 1 amide bonds. The minimum atomic E-state index is -1.01. The number of aromatic amines is 2. The number of benzene rings is 1. The van der Waals surface area contributed by atoms with Crippen molar-refractivity contribution in [1.29, 1.82) is 0 Å². The van der Waals surface area contributed by atoms with Crippen LogP contribution in [0.2, 0.25) is 0 Å². The fourth-order valence-electron chi connectivity index (χ4n) is 1.43. The molecule has 104 valence electrons. The summed E-state index contributed by atoms with van der Waals surface area (Å²) in [4.78, 5) is 37.5. The quantitative estimate of drug-likeness (QED) is 0.651. The largest absolute Gasteiger partial charge is 0.501 e. The summed E-state index contributed by atoms with van der Waals surface area (Å²) in [6.07, 6.45) is -0.912. The smallest absolute Gasteiger partial charge is 0.413 e. The van der Waals surface area contributed by atoms with Gasteiger partial charge < -0.3 is 9.84 Å². The predicted octanol–water partition coefficient (Wildman–Crippen LogP) is 0.517. The van der Waals surface area contributed by atoms with Crippen LogP contribution in [-0.4, -0.2) is 21.2 Å². The number of anilines is 1. The van der Waals surface area contributed by atoms with Crippen LogP contribution in [-0.2, 0) is 11.3 Å². The normalized spacial score (nSPS) is 10.0. The summed E-state index contributed by atoms with van der Waals surface area (Å²) >= 11 is 0. The lowest BCUT2D eigenvalue weighted by molar-refractivity contribution is 0.155. The Kier molecular flexibility index (Phi) is 3.85. The Morgan fingerprint density at radius 1 is 1.20 bits per heavy atom. The number of rotatable bonds is 3. The molecule has 2 aromatic rings. The monoisotopic (exact) mass is 277 g/mol. The number of hydrogen-bond acceptors (Lipinski definition) is 5. The zero-order valence-electron chi connectivity index (χ0n) is 10.2. The van der Waals surface area contributed by atoms with E-state index in [1.165, 1.54) is 0 Å². The molecule has 2 rings (SSSR count). The van der Waals surface area contributed by atoms with Gasteiger partial charge in [0.1, 0.15) is 6.61 Å². The first-order chi connectivity index (χ1) is 9.56. The fourth-order valence-corrected chi connectivity index (χ4v) is 1.43. The average molecular weight is 277 g/mol. The van der Waals surface area contributed by atoms with Crippen molar-refractivity contribution in [3.8, 4) is 5.75 Å². The van der Waals surface area contributed by atoms with Gasteiger partial charge in [0.05, 0.1) is 0 Å². The molecule has 8 nitrogen and oxygen atoms in total. The van der Waals surface area contributed by atoms with E-state index in [0.29, 0.717) is 0 Å². The summed E-state index contributed by atoms with van der Waals surface area (Å²) in [5, 5.41) is 11.4. The molecule has 0 fully saturated rings. The maximum atomic E-state index is 11.5. The molecule has 1 aromatic heterocycles. The molecule has 0 aliphatic carbocycles. The highest BCUT2D eigenvalue weighted by molar-refractivity contribution is 5.84. The van der Waals surface area contributed by atoms with E-state index in [2.05, 4.69) is 10.3 Å². The van der Waals surface area contributed by atoms with Gasteiger partial charge in [0.2, 0.25) is 5.75 Å². The van der Waals surface area contributed by atoms with Crippen LogP contribution in [0, 0.1) is 0 Å². The number of H-pyrrole nitrogens is 2. The van der Waals surface area contributed by atoms with E-state index in [-0.39, 0.29) is 6.61 Å². The van der Waals surface area contributed by atoms with Gasteiger partial charge in [-0.2, -0.15) is 0 Å². The first kappa shape index (κ1) is 13.4. The number of hydrogen-bond donors (Lipinski definition) is 4. The van der Waals surface area contributed by atoms with Crippen LogP contribution in [0.25, 0.3) is 0 Å². The molecule has 20 heavy (non-hydrogen) atoms. The molecule has 0 saturated heterocycles. The number of aromatic nitrogens is 2. The minimum Gasteiger partial charge on any atom is -0.501 e. The van der Waals surface area contributed by atoms with Crippen LogP contribution in [0.4, 0.5) is 10.6 Å². The number of ether oxygens (including phenoxy) is 1. The van der Waals surface area contributed by atoms with Crippen molar-refractivity contribution in [2.75, 3.05) is 5.32 Å². The number of amides is 1. The van der Waals surface area contributed by atoms with E-state index in [9.17, 15) is 19.5 Å². The van der Waals surface area contributed by atoms with Crippen LogP contribution in [0.5, 0.6) is 5.75 Å². The molecular formula is C12H11N3O5. The second-order valence-electron chi connectivity index (χ2n) is 3.82. The third-order valence-electron chi connectivity index (χ3n) is 2.36. The molecule has 0 atom stereocenters. The van der Waals surface area contributed by atoms with Gasteiger partial charge in [0, 0.05) is 0 Å². The highest BCUT2D eigenvalue weighted by atomic mass is 16.5. The lowest BCUT2D eigenvalue weighted by Gasteiger charge is -2.07. The maximum Gasteiger partial charge on any atom is 0.413 e. The van der Waals surface area contributed by atoms with Gasteiger partial charge in [-0.05, 0) is 5.56 Å². The Bertz CT molecular complexity index is 720. The molecule has 0 saturated carbocycles. The number of aromatic hydroxyl groups is 1. The van der Waals surface area contributed by atoms with Crippen molar-refractivity contribution in [1.82, 2.24) is 9.97 Å². The molecule has 0 spiro atoms. The van der Waals surface area contributed by atoms with Gasteiger partial charge in [-0.25, -0.2) is 9.59 Å². The Morgan fingerprint density at radius 3 is 2.60 bits per heavy atom. The summed E-state index contributed by atoms with van der Waals surface area (Å²) in [5.74, 6) is -1.22. The van der Waals surface area contributed by atoms with E-state index >= 15 is 0 Å². The van der Waals surface area contributed by atoms with E-state index in [4.69, 9.17) is 4.74 Å². The van der Waals surface area contributed by atoms with Crippen LogP contribution in [0.3, 0.4) is 0 Å². The molecule has 1 aromatic carbocycles. The SMILES string of the molecule is O=C(Nc1[nH]c(=O)[nH]c(=O)c1O)OCc1ccccc1. The van der Waals surface area contributed by atoms with E-state index in [1.54, 1.807) is 29.2 Å². The minimum absolute atomic E-state index is 0.0147. The highest BCUT2D eigenvalue weighted by Gasteiger charge is 2.11. The summed E-state index contributed by atoms with van der Waals surface area (Å²) in [5.41, 5.74) is -1.09. The van der Waals surface area contributed by atoms with Gasteiger partial charge in [0.15, 0.2) is 5.82 Å². The lowest BCUT2D eigenvalue weighted by Crippen LogP contribution is -2.25. The molecule has 8 heteroatoms. The summed E-state index contributed by atoms with van der Waals surface area (Å²) in [7, 11) is 0. The average Bonchev–Trinajstić information content (AvgIpc) is 2.43. The molecular weight excluding hydrogens is 266 g/mol. The summed E-state index contributed by atoms with van der Waals surface area (Å²) < 4.78 is 4.87. The molecule has 0 bridgehead atoms. The van der Waals surface area contributed by atoms with Crippen molar-refractivity contribution in [3.63, 3.8) is 0 Å². The Morgan fingerprint density at radius 2 is 1.90 bits per heavy atom. The topological polar surface area (TPSA) is 124 Å². The zero-order valence-corrected chi connectivity index (χ0v) is 10.2. The van der Waals surface area contributed by atoms with Gasteiger partial charge in [-0.3, -0.25) is 20.1 Å². The van der Waals surface area contributed by atoms with Crippen molar-refractivity contribution in [3.05, 3.63) is 56.7 Å². The third kappa shape index (κ3) is 3.25. The van der Waals surface area contributed by atoms with E-state index < -0.39 is 28.9 Å². The first-order valence-corrected chi connectivity index (χ1v) is 5.59. The lowest BCUT2D eigenvalue weighted by atomic mass is 10.2. The van der Waals surface area contributed by atoms with Gasteiger partial charge in [-0.1, -0.05) is 30.3 Å². The van der Waals surface area contributed by atoms with Crippen LogP contribution in [0.15, 0.2) is 39.9 Å². The van der Waals surface area contributed by atoms with Crippen molar-refractivity contribution < 1.29 is 14.6 Å². The van der Waals surface area contributed by atoms with Gasteiger partial charge in [0.25, 0.3) is 5.56 Å². The maximum absolute atomic E-state index is 11.5. The second kappa shape index (κ2) is 5.74. The van der Waals surface area contributed by atoms with Crippen LogP contribution >= 0.6 is 0 Å². The van der Waals surface area contributed by atoms with Crippen LogP contribution < -0.4 is 16.6 Å². The van der Waals surface area contributed by atoms with Crippen molar-refractivity contribution >= 4 is 11.9 Å². The highest BCUT2D eigenvalue weighted by Crippen LogP contribution is 2.11. The van der Waals surface area contributed by atoms with Crippen molar-refractivity contribution in [2.45, 2.75) is 6.61 Å². The Balaban J connectivity index is 2.02. The molecule has 1 heterocycles. The molecule has 0 aliphatic heterocycles. The number of carbonyl (C=O) groups excluding carboxylic acids is 1. The molecule has 0 aliphatic rings. The first-order valence-electron chi connectivity index (χ1n) is 5.59. The second-order valence-corrected chi connectivity index (χ2v) is 3.82. The predicted molar refractivity (Wildman–Crippen MR) is 69.6 cm³/mol. The molecule has 0 unspecified atom stereocenters. The summed E-state index contributed by atoms with van der Waals surface area (Å²) in [6, 6.07) is 8.93. The van der Waals surface area contributed by atoms with E-state index in [0.717, 1.165) is 5.56 Å². The fraction of sp³-hybridized carbons (Fsp3) is 0.0833. The number of carbonyl (C=O) groups is 1. The molecule has 4 N–H and O–H groups in total. The summed E-state index contributed by atoms with van der Waals surface area (Å²) in [6.45, 7) is 0.0147. The number of nitrogens with one attached hydrogen (secondary N) is 3. The van der Waals surface area contributed by atoms with Gasteiger partial charge >= 0.3 is 11.8 Å². The van der Waals surface area contributed by atoms with E-state index in [1.807, 2.05) is 6.07 Å². The Labute approximate surface area is 112 Å². The zero-order chi connectivity index (χ0) is 14.5. The third-order valence-corrected chi connectivity index (χ3v) is 2.36. The standard InChI is InChI=1S/C12H11N3O5/c16-8-9(13-11(18)15-10(8)17)14-12(19)20-6-7-4-2-1-3-5-7/h1-5,16H,6H2,(H3,13,14,15,17,18,19). The van der Waals surface area contributed by atoms with Crippen molar-refractivity contribution in [2.24, 2.45) is 0 Å². The Hall–Kier alpha value is -3.03. The van der Waals surface area contributed by atoms with Gasteiger partial charge in [-0.15, -0.1) is 0 Å². The molecule has 0 radical (unpaired) electrons.